The largest absolute Gasteiger partial charge is 2.00 e. The summed E-state index contributed by atoms with van der Waals surface area (Å²) in [6, 6.07) is -1.46. The molecule has 59 valence electrons. The normalized spacial score (nSPS) is 11.3. The van der Waals surface area contributed by atoms with Gasteiger partial charge in [-0.05, 0) is 0 Å². The van der Waals surface area contributed by atoms with E-state index in [1.54, 1.807) is 0 Å². The van der Waals surface area contributed by atoms with Crippen LogP contribution < -0.4 is 15.9 Å². The van der Waals surface area contributed by atoms with Crippen molar-refractivity contribution in [2.75, 3.05) is 0 Å². The first kappa shape index (κ1) is 12.1. The maximum Gasteiger partial charge on any atom is 2.00 e. The number of rotatable bonds is 3. The average Bonchev–Trinajstić information content (AvgIpc) is 1.63. The molecule has 0 aromatic heterocycles. The number of nitrogens with two attached hydrogens (primary N) is 1. The zero-order valence-electron chi connectivity index (χ0n) is 5.83. The van der Waals surface area contributed by atoms with Gasteiger partial charge in [0.1, 0.15) is 0 Å². The quantitative estimate of drug-likeness (QED) is 0.494. The maximum atomic E-state index is 9.71. The van der Waals surface area contributed by atoms with Crippen molar-refractivity contribution in [1.29, 1.82) is 0 Å². The van der Waals surface area contributed by atoms with Crippen molar-refractivity contribution in [3.05, 3.63) is 0 Å². The molecular formula is C4H6CoNO4+. The van der Waals surface area contributed by atoms with Gasteiger partial charge in [0.05, 0.1) is 5.97 Å². The molecule has 0 bridgehead atoms. The van der Waals surface area contributed by atoms with Crippen LogP contribution >= 0.6 is 0 Å². The van der Waals surface area contributed by atoms with Crippen molar-refractivity contribution >= 4 is 11.9 Å². The van der Waals surface area contributed by atoms with Gasteiger partial charge in [-0.15, -0.1) is 0 Å². The summed E-state index contributed by atoms with van der Waals surface area (Å²) in [6.07, 6.45) is -0.706. The summed E-state index contributed by atoms with van der Waals surface area (Å²) in [6.45, 7) is 0. The van der Waals surface area contributed by atoms with Gasteiger partial charge in [0, 0.05) is 18.4 Å². The fourth-order valence-corrected chi connectivity index (χ4v) is 0.263. The molecule has 0 saturated carbocycles. The van der Waals surface area contributed by atoms with E-state index in [-0.39, 0.29) is 18.2 Å². The molecule has 0 amide bonds. The Morgan fingerprint density at radius 3 is 2.00 bits per heavy atom. The van der Waals surface area contributed by atoms with Crippen molar-refractivity contribution in [1.82, 2.24) is 0 Å². The molecule has 1 radical (unpaired) electrons. The van der Waals surface area contributed by atoms with Crippen LogP contribution in [0.15, 0.2) is 0 Å². The van der Waals surface area contributed by atoms with Crippen LogP contribution in [0.5, 0.6) is 0 Å². The number of hydrogen-bond acceptors (Lipinski definition) is 5. The number of carboxylic acids is 2. The fraction of sp³-hybridized carbons (Fsp3) is 0.500. The second-order valence-electron chi connectivity index (χ2n) is 1.50. The minimum absolute atomic E-state index is 0. The first-order chi connectivity index (χ1) is 4.04. The first-order valence-corrected chi connectivity index (χ1v) is 2.20. The molecule has 0 aromatic carbocycles. The second kappa shape index (κ2) is 5.21. The molecule has 0 spiro atoms. The average molecular weight is 191 g/mol. The van der Waals surface area contributed by atoms with E-state index in [0.29, 0.717) is 0 Å². The van der Waals surface area contributed by atoms with E-state index in [1.807, 2.05) is 0 Å². The molecule has 0 aliphatic heterocycles. The third-order valence-corrected chi connectivity index (χ3v) is 0.689. The van der Waals surface area contributed by atoms with E-state index in [9.17, 15) is 19.8 Å². The van der Waals surface area contributed by atoms with E-state index in [4.69, 9.17) is 5.73 Å². The van der Waals surface area contributed by atoms with E-state index in [1.165, 1.54) is 0 Å². The Bertz CT molecular complexity index is 142. The van der Waals surface area contributed by atoms with Crippen LogP contribution in [-0.4, -0.2) is 18.0 Å². The van der Waals surface area contributed by atoms with Gasteiger partial charge in [0.2, 0.25) is 0 Å². The van der Waals surface area contributed by atoms with Crippen LogP contribution in [0.25, 0.3) is 0 Å². The third-order valence-electron chi connectivity index (χ3n) is 0.689. The molecule has 6 heteroatoms. The summed E-state index contributed by atoms with van der Waals surface area (Å²) in [5, 5.41) is 19.3. The van der Waals surface area contributed by atoms with Crippen molar-refractivity contribution in [2.45, 2.75) is 12.5 Å². The zero-order valence-corrected chi connectivity index (χ0v) is 5.87. The van der Waals surface area contributed by atoms with Crippen molar-refractivity contribution in [3.63, 3.8) is 0 Å². The molecule has 2 N–H and O–H groups in total. The number of carboxylic acid groups (broad SMARTS) is 2. The molecule has 0 fully saturated rings. The van der Waals surface area contributed by atoms with E-state index < -0.39 is 24.4 Å². The summed E-state index contributed by atoms with van der Waals surface area (Å²) >= 11 is 0. The monoisotopic (exact) mass is 191 g/mol. The third kappa shape index (κ3) is 5.54. The van der Waals surface area contributed by atoms with Gasteiger partial charge >= 0.3 is 18.2 Å². The number of aliphatic carboxylic acids is 2. The molecule has 0 aromatic rings. The molecule has 0 saturated heterocycles. The molecule has 1 unspecified atom stereocenters. The summed E-state index contributed by atoms with van der Waals surface area (Å²) < 4.78 is 0. The van der Waals surface area contributed by atoms with Gasteiger partial charge in [-0.1, -0.05) is 0 Å². The standard InChI is InChI=1S/C4H7NO4.Co/c5-2(4(8)9)1-3(6)7;/h2H,1,5H2,(H,6,7)(H,8,9);/q;+2/p-1. The second-order valence-corrected chi connectivity index (χ2v) is 1.50. The summed E-state index contributed by atoms with van der Waals surface area (Å²) in [4.78, 5) is 19.3. The topological polar surface area (TPSA) is 106 Å². The Labute approximate surface area is 68.9 Å². The van der Waals surface area contributed by atoms with Crippen LogP contribution in [-0.2, 0) is 26.4 Å². The van der Waals surface area contributed by atoms with Gasteiger partial charge in [0.25, 0.3) is 0 Å². The molecular weight excluding hydrogens is 185 g/mol. The Kier molecular flexibility index (Phi) is 6.32. The van der Waals surface area contributed by atoms with Crippen molar-refractivity contribution in [3.8, 4) is 0 Å². The minimum Gasteiger partial charge on any atom is -0.550 e. The van der Waals surface area contributed by atoms with Gasteiger partial charge in [-0.3, -0.25) is 0 Å². The maximum absolute atomic E-state index is 9.71. The van der Waals surface area contributed by atoms with E-state index >= 15 is 0 Å². The SMILES string of the molecule is NC(CC(=O)[O-])C(=O)[O-].[Co+2].[H+]. The van der Waals surface area contributed by atoms with Crippen LogP contribution in [0.2, 0.25) is 0 Å². The minimum atomic E-state index is -1.58. The predicted octanol–water partition coefficient (Wildman–Crippen LogP) is -3.69. The van der Waals surface area contributed by atoms with Gasteiger partial charge in [-0.25, -0.2) is 0 Å². The number of carbonyl (C=O) groups is 2. The molecule has 1 atom stereocenters. The van der Waals surface area contributed by atoms with Gasteiger partial charge in [0.15, 0.2) is 0 Å². The van der Waals surface area contributed by atoms with Crippen LogP contribution in [0.3, 0.4) is 0 Å². The Balaban J connectivity index is -0.000000320. The smallest absolute Gasteiger partial charge is 0.550 e. The van der Waals surface area contributed by atoms with E-state index in [0.717, 1.165) is 0 Å². The van der Waals surface area contributed by atoms with Crippen LogP contribution in [0.4, 0.5) is 0 Å². The van der Waals surface area contributed by atoms with Crippen LogP contribution in [0.1, 0.15) is 7.85 Å². The summed E-state index contributed by atoms with van der Waals surface area (Å²) in [7, 11) is 0. The Morgan fingerprint density at radius 2 is 1.90 bits per heavy atom. The van der Waals surface area contributed by atoms with Crippen LogP contribution in [0, 0.1) is 0 Å². The molecule has 0 aliphatic carbocycles. The zero-order chi connectivity index (χ0) is 7.44. The number of hydrogen-bond donors (Lipinski definition) is 1. The van der Waals surface area contributed by atoms with Crippen molar-refractivity contribution < 1.29 is 38.0 Å². The molecule has 0 aliphatic rings. The van der Waals surface area contributed by atoms with Gasteiger partial charge in [-0.2, -0.15) is 0 Å². The Hall–Kier alpha value is -0.594. The molecule has 10 heavy (non-hydrogen) atoms. The summed E-state index contributed by atoms with van der Waals surface area (Å²) in [5.74, 6) is -3.08. The fourth-order valence-electron chi connectivity index (χ4n) is 0.263. The number of carbonyl (C=O) groups excluding carboxylic acids is 2. The molecule has 0 rings (SSSR count). The predicted molar refractivity (Wildman–Crippen MR) is 23.7 cm³/mol. The Morgan fingerprint density at radius 1 is 1.50 bits per heavy atom. The molecule has 0 heterocycles. The van der Waals surface area contributed by atoms with Gasteiger partial charge < -0.3 is 25.5 Å². The first-order valence-electron chi connectivity index (χ1n) is 2.20. The van der Waals surface area contributed by atoms with E-state index in [2.05, 4.69) is 0 Å². The van der Waals surface area contributed by atoms with Crippen molar-refractivity contribution in [2.24, 2.45) is 5.73 Å². The summed E-state index contributed by atoms with van der Waals surface area (Å²) in [5.41, 5.74) is 4.73. The molecule has 5 nitrogen and oxygen atoms in total.